The lowest BCUT2D eigenvalue weighted by atomic mass is 9.84. The third-order valence-corrected chi connectivity index (χ3v) is 9.70. The summed E-state index contributed by atoms with van der Waals surface area (Å²) in [7, 11) is 0. The fourth-order valence-corrected chi connectivity index (χ4v) is 6.97. The quantitative estimate of drug-likeness (QED) is 0.0687. The number of hydrogen-bond acceptors (Lipinski definition) is 5. The third-order valence-electron chi connectivity index (χ3n) is 8.65. The first-order valence-corrected chi connectivity index (χ1v) is 16.6. The molecule has 1 fully saturated rings. The number of benzene rings is 4. The standard InChI is InChI=1S/C36H29F9N2O4S/c37-23-11-10-22(26(14-23)36(43,44)45)17-46(52-34-32(41)30(39)29(38)31(40)33(34)42)18-28(49)47(24-12-13-25(35(50)51)27(48)15-24)16-19-6-8-21(9-7-19)20-4-2-1-3-5-20/h6-15,20,48H,1-5,16-18H2,(H,50,51). The van der Waals surface area contributed by atoms with Crippen LogP contribution in [-0.2, 0) is 24.1 Å². The van der Waals surface area contributed by atoms with Crippen LogP contribution in [0.5, 0.6) is 5.75 Å². The van der Waals surface area contributed by atoms with Crippen molar-refractivity contribution in [1.82, 2.24) is 4.31 Å². The van der Waals surface area contributed by atoms with E-state index in [-0.39, 0.29) is 30.2 Å². The molecule has 16 heteroatoms. The predicted octanol–water partition coefficient (Wildman–Crippen LogP) is 9.73. The lowest BCUT2D eigenvalue weighted by molar-refractivity contribution is -0.138. The van der Waals surface area contributed by atoms with E-state index in [1.165, 1.54) is 6.07 Å². The number of halogens is 9. The molecule has 0 heterocycles. The van der Waals surface area contributed by atoms with E-state index in [4.69, 9.17) is 0 Å². The molecule has 0 radical (unpaired) electrons. The summed E-state index contributed by atoms with van der Waals surface area (Å²) in [6.45, 7) is -2.32. The van der Waals surface area contributed by atoms with Crippen LogP contribution in [0.15, 0.2) is 65.6 Å². The second-order valence-electron chi connectivity index (χ2n) is 12.2. The Kier molecular flexibility index (Phi) is 11.8. The Labute approximate surface area is 295 Å². The Morgan fingerprint density at radius 3 is 1.96 bits per heavy atom. The fraction of sp³-hybridized carbons (Fsp3) is 0.278. The molecule has 0 bridgehead atoms. The molecule has 0 unspecified atom stereocenters. The van der Waals surface area contributed by atoms with E-state index in [9.17, 15) is 59.3 Å². The van der Waals surface area contributed by atoms with Crippen molar-refractivity contribution >= 4 is 29.5 Å². The number of anilines is 1. The smallest absolute Gasteiger partial charge is 0.416 e. The Bertz CT molecular complexity index is 1940. The largest absolute Gasteiger partial charge is 0.507 e. The molecule has 52 heavy (non-hydrogen) atoms. The molecule has 0 atom stereocenters. The summed E-state index contributed by atoms with van der Waals surface area (Å²) in [5.41, 5.74) is -1.25. The number of nitrogens with zero attached hydrogens (tertiary/aromatic N) is 2. The number of amides is 1. The van der Waals surface area contributed by atoms with Crippen LogP contribution in [0, 0.1) is 34.9 Å². The summed E-state index contributed by atoms with van der Waals surface area (Å²) in [5, 5.41) is 19.8. The van der Waals surface area contributed by atoms with Crippen molar-refractivity contribution in [2.45, 2.75) is 62.2 Å². The first kappa shape index (κ1) is 38.5. The minimum Gasteiger partial charge on any atom is -0.507 e. The lowest BCUT2D eigenvalue weighted by Crippen LogP contribution is -2.38. The van der Waals surface area contributed by atoms with Gasteiger partial charge in [-0.2, -0.15) is 13.2 Å². The molecule has 1 aliphatic carbocycles. The van der Waals surface area contributed by atoms with E-state index in [0.29, 0.717) is 27.9 Å². The third kappa shape index (κ3) is 8.66. The average molecular weight is 757 g/mol. The van der Waals surface area contributed by atoms with Gasteiger partial charge < -0.3 is 15.1 Å². The van der Waals surface area contributed by atoms with E-state index in [1.807, 2.05) is 12.1 Å². The molecule has 0 aliphatic heterocycles. The van der Waals surface area contributed by atoms with Crippen LogP contribution in [-0.4, -0.2) is 32.9 Å². The Hall–Kier alpha value is -4.70. The number of hydrogen-bond donors (Lipinski definition) is 2. The summed E-state index contributed by atoms with van der Waals surface area (Å²) in [6.07, 6.45) is 0.136. The molecule has 0 aromatic heterocycles. The van der Waals surface area contributed by atoms with Gasteiger partial charge in [-0.15, -0.1) is 0 Å². The second kappa shape index (κ2) is 15.9. The highest BCUT2D eigenvalue weighted by atomic mass is 32.2. The summed E-state index contributed by atoms with van der Waals surface area (Å²) >= 11 is -0.227. The van der Waals surface area contributed by atoms with Gasteiger partial charge in [-0.1, -0.05) is 49.6 Å². The lowest BCUT2D eigenvalue weighted by Gasteiger charge is -2.28. The number of rotatable bonds is 11. The van der Waals surface area contributed by atoms with Crippen LogP contribution >= 0.6 is 11.9 Å². The Morgan fingerprint density at radius 1 is 0.769 bits per heavy atom. The summed E-state index contributed by atoms with van der Waals surface area (Å²) in [5.74, 6) is -16.0. The zero-order chi connectivity index (χ0) is 37.9. The molecule has 1 amide bonds. The Morgan fingerprint density at radius 2 is 1.38 bits per heavy atom. The number of carbonyl (C=O) groups is 2. The highest BCUT2D eigenvalue weighted by molar-refractivity contribution is 7.97. The molecular weight excluding hydrogens is 727 g/mol. The molecule has 6 nitrogen and oxygen atoms in total. The number of carboxylic acids is 1. The van der Waals surface area contributed by atoms with Crippen LogP contribution in [0.4, 0.5) is 45.2 Å². The number of aromatic carboxylic acids is 1. The maximum Gasteiger partial charge on any atom is 0.416 e. The summed E-state index contributed by atoms with van der Waals surface area (Å²) in [4.78, 5) is 25.1. The zero-order valence-electron chi connectivity index (χ0n) is 26.9. The van der Waals surface area contributed by atoms with Gasteiger partial charge in [0.25, 0.3) is 0 Å². The molecule has 1 saturated carbocycles. The van der Waals surface area contributed by atoms with Crippen molar-refractivity contribution in [3.05, 3.63) is 123 Å². The average Bonchev–Trinajstić information content (AvgIpc) is 3.11. The van der Waals surface area contributed by atoms with Crippen molar-refractivity contribution < 1.29 is 59.3 Å². The molecule has 4 aromatic rings. The van der Waals surface area contributed by atoms with Gasteiger partial charge in [-0.25, -0.2) is 35.4 Å². The highest BCUT2D eigenvalue weighted by Gasteiger charge is 2.36. The second-order valence-corrected chi connectivity index (χ2v) is 13.3. The van der Waals surface area contributed by atoms with Crippen molar-refractivity contribution in [3.63, 3.8) is 0 Å². The van der Waals surface area contributed by atoms with Gasteiger partial charge in [0.2, 0.25) is 11.7 Å². The molecule has 2 N–H and O–H groups in total. The van der Waals surface area contributed by atoms with Crippen molar-refractivity contribution in [3.8, 4) is 5.75 Å². The van der Waals surface area contributed by atoms with E-state index >= 15 is 0 Å². The van der Waals surface area contributed by atoms with Gasteiger partial charge in [0.05, 0.1) is 18.7 Å². The molecule has 0 saturated heterocycles. The fourth-order valence-electron chi connectivity index (χ4n) is 6.00. The summed E-state index contributed by atoms with van der Waals surface area (Å²) in [6, 6.07) is 11.8. The topological polar surface area (TPSA) is 81.1 Å². The minimum absolute atomic E-state index is 0.0946. The van der Waals surface area contributed by atoms with Gasteiger partial charge in [0.15, 0.2) is 23.3 Å². The van der Waals surface area contributed by atoms with E-state index in [1.54, 1.807) is 12.1 Å². The van der Waals surface area contributed by atoms with Crippen molar-refractivity contribution in [2.24, 2.45) is 0 Å². The molecular formula is C36H29F9N2O4S. The van der Waals surface area contributed by atoms with Crippen LogP contribution < -0.4 is 4.90 Å². The van der Waals surface area contributed by atoms with Crippen LogP contribution in [0.1, 0.15) is 70.6 Å². The van der Waals surface area contributed by atoms with Gasteiger partial charge in [-0.05, 0) is 71.7 Å². The molecule has 5 rings (SSSR count). The number of aromatic hydroxyl groups is 1. The normalized spacial score (nSPS) is 13.8. The number of phenols is 1. The molecule has 0 spiro atoms. The SMILES string of the molecule is O=C(O)c1ccc(N(Cc2ccc(C3CCCCC3)cc2)C(=O)CN(Cc2ccc(F)cc2C(F)(F)F)Sc2c(F)c(F)c(F)c(F)c2F)cc1O. The highest BCUT2D eigenvalue weighted by Crippen LogP contribution is 2.38. The first-order chi connectivity index (χ1) is 24.5. The predicted molar refractivity (Wildman–Crippen MR) is 172 cm³/mol. The first-order valence-electron chi connectivity index (χ1n) is 15.8. The Balaban J connectivity index is 1.54. The van der Waals surface area contributed by atoms with Crippen LogP contribution in [0.2, 0.25) is 0 Å². The van der Waals surface area contributed by atoms with Gasteiger partial charge in [0, 0.05) is 18.3 Å². The molecule has 1 aliphatic rings. The maximum atomic E-state index is 14.8. The maximum absolute atomic E-state index is 14.8. The van der Waals surface area contributed by atoms with E-state index in [0.717, 1.165) is 54.7 Å². The number of carbonyl (C=O) groups excluding carboxylic acids is 1. The minimum atomic E-state index is -5.15. The van der Waals surface area contributed by atoms with Crippen molar-refractivity contribution in [2.75, 3.05) is 11.4 Å². The summed E-state index contributed by atoms with van der Waals surface area (Å²) < 4.78 is 128. The zero-order valence-corrected chi connectivity index (χ0v) is 27.7. The van der Waals surface area contributed by atoms with Crippen LogP contribution in [0.25, 0.3) is 0 Å². The number of carboxylic acid groups (broad SMARTS) is 1. The van der Waals surface area contributed by atoms with Crippen molar-refractivity contribution in [1.29, 1.82) is 0 Å². The number of alkyl halides is 3. The molecule has 4 aromatic carbocycles. The van der Waals surface area contributed by atoms with Gasteiger partial charge in [-0.3, -0.25) is 4.79 Å². The van der Waals surface area contributed by atoms with Gasteiger partial charge >= 0.3 is 12.1 Å². The van der Waals surface area contributed by atoms with E-state index < -0.39 is 93.4 Å². The van der Waals surface area contributed by atoms with E-state index in [2.05, 4.69) is 0 Å². The van der Waals surface area contributed by atoms with Gasteiger partial charge in [0.1, 0.15) is 22.0 Å². The monoisotopic (exact) mass is 756 g/mol. The molecule has 276 valence electrons. The van der Waals surface area contributed by atoms with Crippen LogP contribution in [0.3, 0.4) is 0 Å².